The number of fused-ring (bicyclic) bond motifs is 2. The van der Waals surface area contributed by atoms with Crippen molar-refractivity contribution >= 4 is 11.5 Å². The Morgan fingerprint density at radius 1 is 1.16 bits per heavy atom. The number of carbonyl (C=O) groups excluding carboxylic acids is 1. The minimum absolute atomic E-state index is 0.165. The molecule has 3 heteroatoms. The molecule has 2 heterocycles. The van der Waals surface area contributed by atoms with Gasteiger partial charge in [0, 0.05) is 0 Å². The van der Waals surface area contributed by atoms with Crippen LogP contribution >= 0.6 is 0 Å². The summed E-state index contributed by atoms with van der Waals surface area (Å²) in [6.45, 7) is 3.88. The zero-order chi connectivity index (χ0) is 13.2. The Hall–Kier alpha value is -0.128. The van der Waals surface area contributed by atoms with Crippen LogP contribution in [0.1, 0.15) is 31.2 Å². The van der Waals surface area contributed by atoms with E-state index in [1.165, 1.54) is 12.8 Å². The average molecular weight is 469 g/mol. The van der Waals surface area contributed by atoms with E-state index in [1.54, 1.807) is 0 Å². The number of benzene rings is 1. The molecule has 0 N–H and O–H groups in total. The van der Waals surface area contributed by atoms with E-state index in [2.05, 4.69) is 6.58 Å². The summed E-state index contributed by atoms with van der Waals surface area (Å²) in [5.41, 5.74) is 1.36. The third-order valence-corrected chi connectivity index (χ3v) is 13.7. The predicted molar refractivity (Wildman–Crippen MR) is 71.3 cm³/mol. The Kier molecular flexibility index (Phi) is 4.44. The van der Waals surface area contributed by atoms with Crippen molar-refractivity contribution in [2.75, 3.05) is 0 Å². The fourth-order valence-corrected chi connectivity index (χ4v) is 13.4. The molecule has 1 aromatic rings. The Bertz CT molecular complexity index is 471. The van der Waals surface area contributed by atoms with Gasteiger partial charge in [-0.3, -0.25) is 0 Å². The zero-order valence-corrected chi connectivity index (χ0v) is 15.8. The number of rotatable bonds is 3. The SMILES string of the molecule is C=C(C(=O)OC1C[CH]2CC[CH](C1)[Ac]2)c1ccccc1. The minimum atomic E-state index is -0.589. The van der Waals surface area contributed by atoms with Crippen molar-refractivity contribution < 1.29 is 49.2 Å². The number of hydrogen-bond acceptors (Lipinski definition) is 2. The Balaban J connectivity index is 1.61. The van der Waals surface area contributed by atoms with Crippen LogP contribution in [0.15, 0.2) is 36.9 Å². The molecule has 19 heavy (non-hydrogen) atoms. The van der Waals surface area contributed by atoms with Gasteiger partial charge in [0.1, 0.15) is 0 Å². The van der Waals surface area contributed by atoms with E-state index in [0.29, 0.717) is 5.57 Å². The summed E-state index contributed by atoms with van der Waals surface area (Å²) >= 11 is -0.589. The second kappa shape index (κ2) is 6.10. The fourth-order valence-electron chi connectivity index (χ4n) is 3.25. The summed E-state index contributed by atoms with van der Waals surface area (Å²) in [4.78, 5) is 12.1. The maximum absolute atomic E-state index is 12.1. The van der Waals surface area contributed by atoms with E-state index in [0.717, 1.165) is 20.6 Å². The third-order valence-electron chi connectivity index (χ3n) is 4.23. The molecule has 2 nitrogen and oxygen atoms in total. The molecule has 2 aliphatic rings. The Morgan fingerprint density at radius 3 is 2.42 bits per heavy atom. The van der Waals surface area contributed by atoms with Crippen molar-refractivity contribution in [3.8, 4) is 0 Å². The molecule has 1 aromatic carbocycles. The Morgan fingerprint density at radius 2 is 1.79 bits per heavy atom. The molecular weight excluding hydrogens is 451 g/mol. The third kappa shape index (κ3) is 3.31. The van der Waals surface area contributed by atoms with Gasteiger partial charge < -0.3 is 0 Å². The van der Waals surface area contributed by atoms with Gasteiger partial charge in [0.15, 0.2) is 0 Å². The first-order valence-corrected chi connectivity index (χ1v) is 12.5. The van der Waals surface area contributed by atoms with Gasteiger partial charge in [0.25, 0.3) is 0 Å². The molecule has 2 unspecified atom stereocenters. The van der Waals surface area contributed by atoms with E-state index >= 15 is 0 Å². The summed E-state index contributed by atoms with van der Waals surface area (Å²) in [6.07, 6.45) is 5.28. The van der Waals surface area contributed by atoms with E-state index in [-0.39, 0.29) is 12.1 Å². The Labute approximate surface area is 136 Å². The summed E-state index contributed by atoms with van der Waals surface area (Å²) in [7, 11) is 0. The van der Waals surface area contributed by atoms with Gasteiger partial charge in [-0.15, -0.1) is 0 Å². The van der Waals surface area contributed by atoms with Gasteiger partial charge >= 0.3 is 137 Å². The van der Waals surface area contributed by atoms with Gasteiger partial charge in [-0.25, -0.2) is 0 Å². The topological polar surface area (TPSA) is 26.3 Å². The van der Waals surface area contributed by atoms with Gasteiger partial charge in [0.05, 0.1) is 0 Å². The van der Waals surface area contributed by atoms with Crippen LogP contribution in [0, 0.1) is 39.7 Å². The zero-order valence-electron chi connectivity index (χ0n) is 11.0. The second-order valence-corrected chi connectivity index (χ2v) is 15.0. The number of hydrogen-bond donors (Lipinski definition) is 0. The summed E-state index contributed by atoms with van der Waals surface area (Å²) in [5, 5.41) is 0. The molecule has 0 aromatic heterocycles. The first-order chi connectivity index (χ1) is 9.22. The molecule has 0 saturated carbocycles. The normalized spacial score (nSPS) is 28.1. The number of ether oxygens (including phenoxy) is 1. The molecule has 0 spiro atoms. The number of carbonyl (C=O) groups is 1. The van der Waals surface area contributed by atoms with Crippen LogP contribution in [0.4, 0.5) is 0 Å². The fraction of sp³-hybridized carbons (Fsp3) is 0.438. The summed E-state index contributed by atoms with van der Waals surface area (Å²) in [5.74, 6) is -0.228. The molecule has 97 valence electrons. The van der Waals surface area contributed by atoms with Crippen LogP contribution in [0.25, 0.3) is 5.57 Å². The quantitative estimate of drug-likeness (QED) is 0.497. The molecule has 2 atom stereocenters. The first-order valence-electron chi connectivity index (χ1n) is 7.02. The van der Waals surface area contributed by atoms with E-state index in [1.807, 2.05) is 30.3 Å². The van der Waals surface area contributed by atoms with Crippen LogP contribution in [-0.2, 0) is 9.53 Å². The molecule has 2 bridgehead atoms. The second-order valence-electron chi connectivity index (χ2n) is 5.63. The maximum atomic E-state index is 12.1. The molecule has 2 aliphatic heterocycles. The van der Waals surface area contributed by atoms with E-state index in [4.69, 9.17) is 4.74 Å². The molecule has 0 amide bonds. The first kappa shape index (κ1) is 13.8. The summed E-state index contributed by atoms with van der Waals surface area (Å²) in [6, 6.07) is 9.59. The van der Waals surface area contributed by atoms with Crippen LogP contribution in [0.3, 0.4) is 0 Å². The number of esters is 1. The van der Waals surface area contributed by atoms with Gasteiger partial charge in [-0.1, -0.05) is 0 Å². The molecule has 2 fully saturated rings. The van der Waals surface area contributed by atoms with Gasteiger partial charge in [-0.05, 0) is 0 Å². The average Bonchev–Trinajstić information content (AvgIpc) is 2.78. The van der Waals surface area contributed by atoms with Crippen LogP contribution in [-0.4, -0.2) is 12.1 Å². The molecular formula is C16H18AcO2. The molecule has 0 radical (unpaired) electrons. The van der Waals surface area contributed by atoms with E-state index in [9.17, 15) is 4.79 Å². The van der Waals surface area contributed by atoms with Crippen molar-refractivity contribution in [1.82, 2.24) is 0 Å². The van der Waals surface area contributed by atoms with Crippen LogP contribution in [0.2, 0.25) is 2.19 Å². The standard InChI is InChI=1S/C16H18O2.Ac/c1-13(14-9-5-4-6-10-14)16(17)18-15-11-7-2-3-8-12-15;/h4-10,15H,1-3,11-12H2;. The molecule has 2 saturated heterocycles. The van der Waals surface area contributed by atoms with Crippen LogP contribution < -0.4 is 0 Å². The van der Waals surface area contributed by atoms with Crippen molar-refractivity contribution in [3.63, 3.8) is 0 Å². The van der Waals surface area contributed by atoms with Crippen LogP contribution in [0.5, 0.6) is 0 Å². The predicted octanol–water partition coefficient (Wildman–Crippen LogP) is 3.86. The summed E-state index contributed by atoms with van der Waals surface area (Å²) < 4.78 is 7.68. The van der Waals surface area contributed by atoms with Crippen molar-refractivity contribution in [3.05, 3.63) is 42.5 Å². The van der Waals surface area contributed by atoms with Crippen molar-refractivity contribution in [2.45, 2.75) is 34.0 Å². The monoisotopic (exact) mass is 469 g/mol. The van der Waals surface area contributed by atoms with E-state index < -0.39 is 39.7 Å². The van der Waals surface area contributed by atoms with Crippen molar-refractivity contribution in [2.24, 2.45) is 0 Å². The van der Waals surface area contributed by atoms with Gasteiger partial charge in [0.2, 0.25) is 0 Å². The van der Waals surface area contributed by atoms with Gasteiger partial charge in [-0.2, -0.15) is 0 Å². The van der Waals surface area contributed by atoms with Crippen molar-refractivity contribution in [1.29, 1.82) is 0 Å². The molecule has 3 rings (SSSR count). The molecule has 0 aliphatic carbocycles.